The molecule has 0 heterocycles. The van der Waals surface area contributed by atoms with E-state index in [1.54, 1.807) is 6.07 Å². The van der Waals surface area contributed by atoms with Crippen LogP contribution in [0.4, 0.5) is 0 Å². The molecular weight excluding hydrogens is 218 g/mol. The van der Waals surface area contributed by atoms with E-state index in [2.05, 4.69) is 0 Å². The SMILES string of the molecule is CC(C)(N)COCc1ccccc1CC(=O)O. The zero-order valence-electron chi connectivity index (χ0n) is 10.3. The van der Waals surface area contributed by atoms with Gasteiger partial charge in [-0.05, 0) is 25.0 Å². The number of hydrogen-bond acceptors (Lipinski definition) is 3. The minimum Gasteiger partial charge on any atom is -0.481 e. The third-order valence-electron chi connectivity index (χ3n) is 2.19. The van der Waals surface area contributed by atoms with Crippen molar-refractivity contribution in [3.63, 3.8) is 0 Å². The van der Waals surface area contributed by atoms with Crippen LogP contribution in [-0.2, 0) is 22.6 Å². The third kappa shape index (κ3) is 5.47. The van der Waals surface area contributed by atoms with Gasteiger partial charge in [0, 0.05) is 5.54 Å². The minimum absolute atomic E-state index is 0.0194. The Bertz CT molecular complexity index is 382. The van der Waals surface area contributed by atoms with Crippen LogP contribution >= 0.6 is 0 Å². The smallest absolute Gasteiger partial charge is 0.307 e. The van der Waals surface area contributed by atoms with Crippen molar-refractivity contribution in [3.8, 4) is 0 Å². The Kier molecular flexibility index (Phi) is 4.66. The molecule has 4 heteroatoms. The van der Waals surface area contributed by atoms with Crippen LogP contribution in [0.3, 0.4) is 0 Å². The molecule has 0 radical (unpaired) electrons. The van der Waals surface area contributed by atoms with Crippen LogP contribution in [0.15, 0.2) is 24.3 Å². The van der Waals surface area contributed by atoms with Crippen molar-refractivity contribution in [2.45, 2.75) is 32.4 Å². The fourth-order valence-corrected chi connectivity index (χ4v) is 1.46. The van der Waals surface area contributed by atoms with Gasteiger partial charge in [0.25, 0.3) is 0 Å². The first kappa shape index (κ1) is 13.7. The van der Waals surface area contributed by atoms with Crippen molar-refractivity contribution >= 4 is 5.97 Å². The van der Waals surface area contributed by atoms with E-state index in [9.17, 15) is 4.79 Å². The van der Waals surface area contributed by atoms with Crippen LogP contribution < -0.4 is 5.73 Å². The molecule has 0 aliphatic rings. The zero-order chi connectivity index (χ0) is 12.9. The van der Waals surface area contributed by atoms with E-state index in [0.717, 1.165) is 11.1 Å². The highest BCUT2D eigenvalue weighted by atomic mass is 16.5. The van der Waals surface area contributed by atoms with Crippen LogP contribution in [0.25, 0.3) is 0 Å². The van der Waals surface area contributed by atoms with Gasteiger partial charge in [-0.25, -0.2) is 0 Å². The van der Waals surface area contributed by atoms with Gasteiger partial charge in [-0.2, -0.15) is 0 Å². The molecule has 0 bridgehead atoms. The van der Waals surface area contributed by atoms with E-state index >= 15 is 0 Å². The molecule has 94 valence electrons. The minimum atomic E-state index is -0.836. The second-order valence-corrected chi connectivity index (χ2v) is 4.82. The molecule has 3 N–H and O–H groups in total. The maximum Gasteiger partial charge on any atom is 0.307 e. The molecular formula is C13H19NO3. The van der Waals surface area contributed by atoms with Crippen LogP contribution in [0.5, 0.6) is 0 Å². The molecule has 0 aliphatic carbocycles. The molecule has 0 atom stereocenters. The molecule has 0 saturated heterocycles. The van der Waals surface area contributed by atoms with Crippen LogP contribution in [0.1, 0.15) is 25.0 Å². The number of hydrogen-bond donors (Lipinski definition) is 2. The van der Waals surface area contributed by atoms with Gasteiger partial charge in [0.15, 0.2) is 0 Å². The van der Waals surface area contributed by atoms with E-state index in [0.29, 0.717) is 13.2 Å². The van der Waals surface area contributed by atoms with Gasteiger partial charge >= 0.3 is 5.97 Å². The highest BCUT2D eigenvalue weighted by molar-refractivity contribution is 5.70. The number of nitrogens with two attached hydrogens (primary N) is 1. The molecule has 1 aromatic rings. The van der Waals surface area contributed by atoms with Gasteiger partial charge in [0.2, 0.25) is 0 Å². The standard InChI is InChI=1S/C13H19NO3/c1-13(2,14)9-17-8-11-6-4-3-5-10(11)7-12(15)16/h3-6H,7-9,14H2,1-2H3,(H,15,16). The van der Waals surface area contributed by atoms with Crippen LogP contribution in [0, 0.1) is 0 Å². The maximum atomic E-state index is 10.7. The highest BCUT2D eigenvalue weighted by Gasteiger charge is 2.11. The lowest BCUT2D eigenvalue weighted by Gasteiger charge is -2.18. The molecule has 0 aliphatic heterocycles. The summed E-state index contributed by atoms with van der Waals surface area (Å²) in [5.74, 6) is -0.836. The summed E-state index contributed by atoms with van der Waals surface area (Å²) >= 11 is 0. The maximum absolute atomic E-state index is 10.7. The van der Waals surface area contributed by atoms with Gasteiger partial charge in [0.1, 0.15) is 0 Å². The second kappa shape index (κ2) is 5.80. The number of rotatable bonds is 6. The molecule has 0 saturated carbocycles. The summed E-state index contributed by atoms with van der Waals surface area (Å²) in [5, 5.41) is 8.79. The van der Waals surface area contributed by atoms with Crippen molar-refractivity contribution in [1.82, 2.24) is 0 Å². The van der Waals surface area contributed by atoms with Gasteiger partial charge < -0.3 is 15.6 Å². The molecule has 0 aromatic heterocycles. The summed E-state index contributed by atoms with van der Waals surface area (Å²) in [7, 11) is 0. The van der Waals surface area contributed by atoms with Gasteiger partial charge in [0.05, 0.1) is 19.6 Å². The van der Waals surface area contributed by atoms with Crippen molar-refractivity contribution in [3.05, 3.63) is 35.4 Å². The van der Waals surface area contributed by atoms with E-state index in [1.807, 2.05) is 32.0 Å². The molecule has 17 heavy (non-hydrogen) atoms. The van der Waals surface area contributed by atoms with Gasteiger partial charge in [-0.1, -0.05) is 24.3 Å². The van der Waals surface area contributed by atoms with Crippen LogP contribution in [-0.4, -0.2) is 23.2 Å². The Hall–Kier alpha value is -1.39. The number of aliphatic carboxylic acids is 1. The third-order valence-corrected chi connectivity index (χ3v) is 2.19. The number of carbonyl (C=O) groups is 1. The molecule has 0 amide bonds. The monoisotopic (exact) mass is 237 g/mol. The molecule has 0 spiro atoms. The molecule has 1 aromatic carbocycles. The fraction of sp³-hybridized carbons (Fsp3) is 0.462. The van der Waals surface area contributed by atoms with Gasteiger partial charge in [-0.3, -0.25) is 4.79 Å². The first-order valence-corrected chi connectivity index (χ1v) is 5.54. The number of ether oxygens (including phenoxy) is 1. The van der Waals surface area contributed by atoms with Crippen LogP contribution in [0.2, 0.25) is 0 Å². The predicted octanol–water partition coefficient (Wildman–Crippen LogP) is 1.57. The normalized spacial score (nSPS) is 11.5. The summed E-state index contributed by atoms with van der Waals surface area (Å²) < 4.78 is 5.49. The van der Waals surface area contributed by atoms with E-state index in [1.165, 1.54) is 0 Å². The average molecular weight is 237 g/mol. The van der Waals surface area contributed by atoms with E-state index in [-0.39, 0.29) is 12.0 Å². The lowest BCUT2D eigenvalue weighted by atomic mass is 10.1. The van der Waals surface area contributed by atoms with Crippen molar-refractivity contribution in [2.24, 2.45) is 5.73 Å². The topological polar surface area (TPSA) is 72.5 Å². The molecule has 4 nitrogen and oxygen atoms in total. The lowest BCUT2D eigenvalue weighted by Crippen LogP contribution is -2.37. The summed E-state index contributed by atoms with van der Waals surface area (Å²) in [5.41, 5.74) is 7.11. The Morgan fingerprint density at radius 2 is 1.94 bits per heavy atom. The Morgan fingerprint density at radius 3 is 2.47 bits per heavy atom. The van der Waals surface area contributed by atoms with Crippen molar-refractivity contribution in [1.29, 1.82) is 0 Å². The summed E-state index contributed by atoms with van der Waals surface area (Å²) in [6, 6.07) is 7.38. The summed E-state index contributed by atoms with van der Waals surface area (Å²) in [6.45, 7) is 4.60. The molecule has 0 fully saturated rings. The number of benzene rings is 1. The van der Waals surface area contributed by atoms with E-state index < -0.39 is 5.97 Å². The second-order valence-electron chi connectivity index (χ2n) is 4.82. The highest BCUT2D eigenvalue weighted by Crippen LogP contribution is 2.12. The summed E-state index contributed by atoms with van der Waals surface area (Å²) in [6.07, 6.45) is 0.0194. The largest absolute Gasteiger partial charge is 0.481 e. The lowest BCUT2D eigenvalue weighted by molar-refractivity contribution is -0.136. The van der Waals surface area contributed by atoms with E-state index in [4.69, 9.17) is 15.6 Å². The predicted molar refractivity (Wildman–Crippen MR) is 65.7 cm³/mol. The Labute approximate surface area is 101 Å². The molecule has 0 unspecified atom stereocenters. The Morgan fingerprint density at radius 1 is 1.35 bits per heavy atom. The first-order chi connectivity index (χ1) is 7.88. The number of carboxylic acid groups (broad SMARTS) is 1. The van der Waals surface area contributed by atoms with Crippen molar-refractivity contribution in [2.75, 3.05) is 6.61 Å². The van der Waals surface area contributed by atoms with Crippen molar-refractivity contribution < 1.29 is 14.6 Å². The average Bonchev–Trinajstić information content (AvgIpc) is 2.18. The Balaban J connectivity index is 2.61. The summed E-state index contributed by atoms with van der Waals surface area (Å²) in [4.78, 5) is 10.7. The first-order valence-electron chi connectivity index (χ1n) is 5.54. The number of carboxylic acids is 1. The fourth-order valence-electron chi connectivity index (χ4n) is 1.46. The zero-order valence-corrected chi connectivity index (χ0v) is 10.3. The quantitative estimate of drug-likeness (QED) is 0.787. The molecule has 1 rings (SSSR count). The van der Waals surface area contributed by atoms with Gasteiger partial charge in [-0.15, -0.1) is 0 Å².